The summed E-state index contributed by atoms with van der Waals surface area (Å²) in [6, 6.07) is 15.4. The maximum Gasteiger partial charge on any atom is 0.186 e. The molecule has 0 bridgehead atoms. The first-order chi connectivity index (χ1) is 14.2. The summed E-state index contributed by atoms with van der Waals surface area (Å²) >= 11 is 7.81. The number of nitrogens with zero attached hydrogens (tertiary/aromatic N) is 3. The Hall–Kier alpha value is -2.30. The van der Waals surface area contributed by atoms with Gasteiger partial charge in [-0.3, -0.25) is 0 Å². The van der Waals surface area contributed by atoms with E-state index in [1.807, 2.05) is 12.1 Å². The summed E-state index contributed by atoms with van der Waals surface area (Å²) in [5.41, 5.74) is 8.03. The molecule has 0 amide bonds. The molecule has 5 heteroatoms. The summed E-state index contributed by atoms with van der Waals surface area (Å²) in [7, 11) is 0. The predicted molar refractivity (Wildman–Crippen MR) is 122 cm³/mol. The Balaban J connectivity index is 1.42. The van der Waals surface area contributed by atoms with Crippen molar-refractivity contribution in [2.24, 2.45) is 0 Å². The number of benzene rings is 2. The third kappa shape index (κ3) is 2.73. The molecule has 146 valence electrons. The molecule has 2 aromatic carbocycles. The number of aryl methyl sites for hydroxylation is 2. The summed E-state index contributed by atoms with van der Waals surface area (Å²) < 4.78 is 2.58. The van der Waals surface area contributed by atoms with E-state index < -0.39 is 0 Å². The highest BCUT2D eigenvalue weighted by molar-refractivity contribution is 7.14. The van der Waals surface area contributed by atoms with Gasteiger partial charge in [0, 0.05) is 45.7 Å². The molecule has 0 radical (unpaired) electrons. The van der Waals surface area contributed by atoms with E-state index in [9.17, 15) is 0 Å². The van der Waals surface area contributed by atoms with Crippen molar-refractivity contribution in [3.8, 4) is 11.3 Å². The van der Waals surface area contributed by atoms with Crippen LogP contribution in [0.3, 0.4) is 0 Å². The minimum atomic E-state index is 0.435. The van der Waals surface area contributed by atoms with E-state index in [0.29, 0.717) is 6.04 Å². The highest BCUT2D eigenvalue weighted by atomic mass is 35.5. The van der Waals surface area contributed by atoms with E-state index in [-0.39, 0.29) is 0 Å². The van der Waals surface area contributed by atoms with Gasteiger partial charge in [0.25, 0.3) is 0 Å². The van der Waals surface area contributed by atoms with Gasteiger partial charge in [-0.2, -0.15) is 0 Å². The van der Waals surface area contributed by atoms with Crippen LogP contribution in [0.15, 0.2) is 47.8 Å². The Morgan fingerprint density at radius 3 is 2.83 bits per heavy atom. The molecule has 0 saturated carbocycles. The number of anilines is 1. The summed E-state index contributed by atoms with van der Waals surface area (Å²) in [4.78, 5) is 7.57. The number of halogens is 1. The average Bonchev–Trinajstić information content (AvgIpc) is 3.34. The largest absolute Gasteiger partial charge is 0.341 e. The highest BCUT2D eigenvalue weighted by Crippen LogP contribution is 2.45. The van der Waals surface area contributed by atoms with E-state index in [0.717, 1.165) is 34.5 Å². The van der Waals surface area contributed by atoms with Crippen molar-refractivity contribution >= 4 is 39.0 Å². The molecule has 0 spiro atoms. The van der Waals surface area contributed by atoms with Gasteiger partial charge in [-0.25, -0.2) is 4.98 Å². The minimum Gasteiger partial charge on any atom is -0.341 e. The van der Waals surface area contributed by atoms with Crippen LogP contribution >= 0.6 is 22.9 Å². The SMILES string of the molecule is Cc1ccc2c(c1)c1c3n2CCN(c2nc(-c4ccc(Cl)cc4)cs2)C3CCC1. The fourth-order valence-corrected chi connectivity index (χ4v) is 6.13. The quantitative estimate of drug-likeness (QED) is 0.363. The molecule has 3 heterocycles. The molecule has 29 heavy (non-hydrogen) atoms. The van der Waals surface area contributed by atoms with Crippen molar-refractivity contribution < 1.29 is 0 Å². The second kappa shape index (κ2) is 6.61. The Morgan fingerprint density at radius 1 is 1.10 bits per heavy atom. The Morgan fingerprint density at radius 2 is 1.97 bits per heavy atom. The topological polar surface area (TPSA) is 21.1 Å². The van der Waals surface area contributed by atoms with E-state index in [4.69, 9.17) is 16.6 Å². The van der Waals surface area contributed by atoms with Gasteiger partial charge in [0.15, 0.2) is 5.13 Å². The average molecular weight is 420 g/mol. The van der Waals surface area contributed by atoms with Crippen LogP contribution in [-0.4, -0.2) is 16.1 Å². The van der Waals surface area contributed by atoms with E-state index in [2.05, 4.69) is 52.1 Å². The van der Waals surface area contributed by atoms with Gasteiger partial charge in [0.1, 0.15) is 0 Å². The van der Waals surface area contributed by atoms with Gasteiger partial charge in [0.05, 0.1) is 11.7 Å². The molecule has 0 fully saturated rings. The smallest absolute Gasteiger partial charge is 0.186 e. The Labute approximate surface area is 179 Å². The lowest BCUT2D eigenvalue weighted by Crippen LogP contribution is -2.39. The maximum atomic E-state index is 6.05. The van der Waals surface area contributed by atoms with Gasteiger partial charge in [-0.1, -0.05) is 35.4 Å². The number of hydrogen-bond acceptors (Lipinski definition) is 3. The van der Waals surface area contributed by atoms with Crippen molar-refractivity contribution in [1.82, 2.24) is 9.55 Å². The minimum absolute atomic E-state index is 0.435. The zero-order chi connectivity index (χ0) is 19.5. The molecule has 2 aromatic heterocycles. The zero-order valence-electron chi connectivity index (χ0n) is 16.4. The van der Waals surface area contributed by atoms with Crippen molar-refractivity contribution in [3.05, 3.63) is 69.7 Å². The van der Waals surface area contributed by atoms with Crippen LogP contribution < -0.4 is 4.90 Å². The van der Waals surface area contributed by atoms with Gasteiger partial charge in [0.2, 0.25) is 0 Å². The van der Waals surface area contributed by atoms with Gasteiger partial charge < -0.3 is 9.47 Å². The van der Waals surface area contributed by atoms with Crippen LogP contribution in [0.25, 0.3) is 22.2 Å². The van der Waals surface area contributed by atoms with Crippen LogP contribution in [0.4, 0.5) is 5.13 Å². The van der Waals surface area contributed by atoms with Crippen LogP contribution in [-0.2, 0) is 13.0 Å². The highest BCUT2D eigenvalue weighted by Gasteiger charge is 2.36. The van der Waals surface area contributed by atoms with Crippen LogP contribution in [0, 0.1) is 6.92 Å². The summed E-state index contributed by atoms with van der Waals surface area (Å²) in [6.07, 6.45) is 3.65. The van der Waals surface area contributed by atoms with Gasteiger partial charge in [-0.15, -0.1) is 11.3 Å². The van der Waals surface area contributed by atoms with Crippen LogP contribution in [0.5, 0.6) is 0 Å². The molecular weight excluding hydrogens is 398 g/mol. The summed E-state index contributed by atoms with van der Waals surface area (Å²) in [5.74, 6) is 0. The van der Waals surface area contributed by atoms with Gasteiger partial charge >= 0.3 is 0 Å². The van der Waals surface area contributed by atoms with E-state index in [1.54, 1.807) is 16.9 Å². The molecular formula is C24H22ClN3S. The standard InChI is InChI=1S/C24H22ClN3S/c1-15-5-10-21-19(13-15)18-3-2-4-22-23(18)27(21)11-12-28(22)24-26-20(14-29-24)16-6-8-17(25)9-7-16/h5-10,13-14,22H,2-4,11-12H2,1H3. The second-order valence-corrected chi connectivity index (χ2v) is 9.43. The monoisotopic (exact) mass is 419 g/mol. The normalized spacial score (nSPS) is 18.3. The van der Waals surface area contributed by atoms with Crippen molar-refractivity contribution in [1.29, 1.82) is 0 Å². The fourth-order valence-electron chi connectivity index (χ4n) is 5.10. The molecule has 3 nitrogen and oxygen atoms in total. The lowest BCUT2D eigenvalue weighted by Gasteiger charge is -2.39. The first kappa shape index (κ1) is 17.5. The van der Waals surface area contributed by atoms with Gasteiger partial charge in [-0.05, 0) is 56.0 Å². The molecule has 1 aliphatic carbocycles. The molecule has 2 aliphatic rings. The van der Waals surface area contributed by atoms with Crippen molar-refractivity contribution in [2.75, 3.05) is 11.4 Å². The first-order valence-electron chi connectivity index (χ1n) is 10.3. The number of hydrogen-bond donors (Lipinski definition) is 0. The number of rotatable bonds is 2. The molecule has 0 N–H and O–H groups in total. The molecule has 1 atom stereocenters. The second-order valence-electron chi connectivity index (χ2n) is 8.16. The predicted octanol–water partition coefficient (Wildman–Crippen LogP) is 6.62. The van der Waals surface area contributed by atoms with Crippen LogP contribution in [0.1, 0.15) is 35.7 Å². The van der Waals surface area contributed by atoms with E-state index in [1.165, 1.54) is 41.4 Å². The summed E-state index contributed by atoms with van der Waals surface area (Å²) in [5, 5.41) is 5.54. The number of aromatic nitrogens is 2. The number of fused-ring (bicyclic) bond motifs is 3. The molecule has 0 saturated heterocycles. The molecule has 1 aliphatic heterocycles. The maximum absolute atomic E-state index is 6.05. The van der Waals surface area contributed by atoms with Crippen molar-refractivity contribution in [3.63, 3.8) is 0 Å². The first-order valence-corrected chi connectivity index (χ1v) is 11.5. The lowest BCUT2D eigenvalue weighted by molar-refractivity contribution is 0.437. The Bertz CT molecular complexity index is 1220. The molecule has 1 unspecified atom stereocenters. The third-order valence-corrected chi connectivity index (χ3v) is 7.54. The molecule has 4 aromatic rings. The van der Waals surface area contributed by atoms with E-state index >= 15 is 0 Å². The summed E-state index contributed by atoms with van der Waals surface area (Å²) in [6.45, 7) is 4.24. The fraction of sp³-hybridized carbons (Fsp3) is 0.292. The zero-order valence-corrected chi connectivity index (χ0v) is 17.9. The third-order valence-electron chi connectivity index (χ3n) is 6.41. The lowest BCUT2D eigenvalue weighted by atomic mass is 9.90. The van der Waals surface area contributed by atoms with Crippen LogP contribution in [0.2, 0.25) is 5.02 Å². The molecule has 6 rings (SSSR count). The Kier molecular flexibility index (Phi) is 4.00. The number of thiazole rings is 1. The van der Waals surface area contributed by atoms with Crippen molar-refractivity contribution in [2.45, 2.75) is 38.8 Å².